The molecule has 2 aliphatic heterocycles. The number of aromatic nitrogens is 2. The summed E-state index contributed by atoms with van der Waals surface area (Å²) in [5, 5.41) is 4.90. The highest BCUT2D eigenvalue weighted by Gasteiger charge is 2.47. The molecule has 0 saturated heterocycles. The van der Waals surface area contributed by atoms with Gasteiger partial charge in [-0.3, -0.25) is 0 Å². The minimum atomic E-state index is -0.263. The van der Waals surface area contributed by atoms with Gasteiger partial charge in [0.25, 0.3) is 6.71 Å². The normalized spacial score (nSPS) is 13.0. The number of anilines is 6. The Kier molecular flexibility index (Phi) is 13.3. The molecule has 0 saturated carbocycles. The summed E-state index contributed by atoms with van der Waals surface area (Å²) in [5.74, 6) is 0. The maximum Gasteiger partial charge on any atom is 0.253 e. The fraction of sp³-hybridized carbons (Fsp3) is 0.133. The lowest BCUT2D eigenvalue weighted by molar-refractivity contribution is 0.590. The molecule has 95 heavy (non-hydrogen) atoms. The lowest BCUT2D eigenvalue weighted by Crippen LogP contribution is -2.61. The van der Waals surface area contributed by atoms with Gasteiger partial charge in [-0.15, -0.1) is 0 Å². The van der Waals surface area contributed by atoms with E-state index < -0.39 is 0 Å². The summed E-state index contributed by atoms with van der Waals surface area (Å²) in [7, 11) is 0. The van der Waals surface area contributed by atoms with E-state index in [9.17, 15) is 0 Å². The van der Waals surface area contributed by atoms with Gasteiger partial charge in [-0.25, -0.2) is 0 Å². The Hall–Kier alpha value is -10.9. The Morgan fingerprint density at radius 1 is 0.263 bits per heavy atom. The van der Waals surface area contributed by atoms with Crippen molar-refractivity contribution in [2.45, 2.75) is 78.6 Å². The third-order valence-electron chi connectivity index (χ3n) is 20.3. The second-order valence-electron chi connectivity index (χ2n) is 29.3. The molecule has 0 unspecified atom stereocenters. The van der Waals surface area contributed by atoms with Crippen LogP contribution >= 0.6 is 0 Å². The molecule has 15 aromatic rings. The quantitative estimate of drug-likeness (QED) is 0.141. The SMILES string of the molecule is CC(C)(C)c1cc(-c2ccccc2)c(N2c3cc(C(C)(C)C)ccc3B3c4c2cc(-n2c5ccccc5c5ccccc52)cc4N(c2c(-c4ccccc4)cc(C(C)(C)C)cc2-c2ccccc2)c2ccc4c(c23)c2ccccc2n4-c2ccccc2)c(-c2ccccc2)c1. The zero-order valence-corrected chi connectivity index (χ0v) is 55.6. The summed E-state index contributed by atoms with van der Waals surface area (Å²) >= 11 is 0. The summed E-state index contributed by atoms with van der Waals surface area (Å²) < 4.78 is 5.06. The highest BCUT2D eigenvalue weighted by atomic mass is 15.2. The largest absolute Gasteiger partial charge is 0.310 e. The van der Waals surface area contributed by atoms with Crippen LogP contribution in [0, 0.1) is 0 Å². The van der Waals surface area contributed by atoms with Crippen LogP contribution in [0.5, 0.6) is 0 Å². The Morgan fingerprint density at radius 3 is 1.06 bits per heavy atom. The van der Waals surface area contributed by atoms with Crippen molar-refractivity contribution < 1.29 is 0 Å². The number of rotatable bonds is 8. The summed E-state index contributed by atoms with van der Waals surface area (Å²) in [6, 6.07) is 111. The van der Waals surface area contributed by atoms with E-state index in [-0.39, 0.29) is 23.0 Å². The summed E-state index contributed by atoms with van der Waals surface area (Å²) in [6.45, 7) is 21.0. The van der Waals surface area contributed by atoms with Gasteiger partial charge in [0.05, 0.1) is 39.1 Å². The maximum absolute atomic E-state index is 2.74. The number of benzene rings is 13. The molecule has 0 N–H and O–H groups in total. The summed E-state index contributed by atoms with van der Waals surface area (Å²) in [5.41, 5.74) is 30.1. The first-order valence-corrected chi connectivity index (χ1v) is 33.7. The summed E-state index contributed by atoms with van der Waals surface area (Å²) in [4.78, 5) is 5.47. The third kappa shape index (κ3) is 9.33. The van der Waals surface area contributed by atoms with Crippen molar-refractivity contribution in [1.29, 1.82) is 0 Å². The van der Waals surface area contributed by atoms with Crippen LogP contribution in [0.3, 0.4) is 0 Å². The average Bonchev–Trinajstić information content (AvgIpc) is 1.56. The van der Waals surface area contributed by atoms with E-state index in [1.54, 1.807) is 0 Å². The Bertz CT molecular complexity index is 5350. The van der Waals surface area contributed by atoms with E-state index in [4.69, 9.17) is 0 Å². The number of hydrogen-bond donors (Lipinski definition) is 0. The number of nitrogens with zero attached hydrogens (tertiary/aromatic N) is 4. The molecule has 4 nitrogen and oxygen atoms in total. The zero-order valence-electron chi connectivity index (χ0n) is 55.6. The van der Waals surface area contributed by atoms with Crippen molar-refractivity contribution in [1.82, 2.24) is 9.13 Å². The van der Waals surface area contributed by atoms with Crippen molar-refractivity contribution in [3.63, 3.8) is 0 Å². The van der Waals surface area contributed by atoms with E-state index in [0.717, 1.165) is 73.1 Å². The van der Waals surface area contributed by atoms with Crippen LogP contribution in [0.25, 0.3) is 99.5 Å². The lowest BCUT2D eigenvalue weighted by atomic mass is 9.33. The summed E-state index contributed by atoms with van der Waals surface area (Å²) in [6.07, 6.45) is 0. The number of hydrogen-bond acceptors (Lipinski definition) is 2. The average molecular weight is 1220 g/mol. The van der Waals surface area contributed by atoms with Crippen LogP contribution in [-0.2, 0) is 16.2 Å². The van der Waals surface area contributed by atoms with Crippen LogP contribution in [0.1, 0.15) is 79.0 Å². The Balaban J connectivity index is 1.13. The Labute approximate surface area is 558 Å². The van der Waals surface area contributed by atoms with Crippen molar-refractivity contribution >= 4 is 101 Å². The first kappa shape index (κ1) is 58.0. The smallest absolute Gasteiger partial charge is 0.253 e. The molecule has 0 radical (unpaired) electrons. The molecule has 4 heterocycles. The zero-order chi connectivity index (χ0) is 64.6. The van der Waals surface area contributed by atoms with E-state index in [1.165, 1.54) is 93.6 Å². The van der Waals surface area contributed by atoms with Gasteiger partial charge in [0.2, 0.25) is 0 Å². The van der Waals surface area contributed by atoms with Gasteiger partial charge in [-0.2, -0.15) is 0 Å². The molecule has 0 fully saturated rings. The predicted molar refractivity (Wildman–Crippen MR) is 407 cm³/mol. The number of fused-ring (bicyclic) bond motifs is 11. The van der Waals surface area contributed by atoms with E-state index in [2.05, 4.69) is 372 Å². The van der Waals surface area contributed by atoms with Gasteiger partial charge >= 0.3 is 0 Å². The first-order chi connectivity index (χ1) is 46.1. The maximum atomic E-state index is 2.74. The highest BCUT2D eigenvalue weighted by molar-refractivity contribution is 7.02. The fourth-order valence-electron chi connectivity index (χ4n) is 15.6. The molecule has 0 aliphatic carbocycles. The van der Waals surface area contributed by atoms with Crippen LogP contribution in [0.4, 0.5) is 34.1 Å². The molecule has 0 bridgehead atoms. The van der Waals surface area contributed by atoms with Gasteiger partial charge in [0.1, 0.15) is 0 Å². The molecule has 0 spiro atoms. The van der Waals surface area contributed by atoms with Gasteiger partial charge in [0, 0.05) is 72.2 Å². The minimum absolute atomic E-state index is 0.185. The monoisotopic (exact) mass is 1220 g/mol. The molecule has 2 aliphatic rings. The molecular formula is C90H75BN4. The van der Waals surface area contributed by atoms with Gasteiger partial charge in [-0.1, -0.05) is 269 Å². The molecule has 17 rings (SSSR count). The van der Waals surface area contributed by atoms with E-state index >= 15 is 0 Å². The topological polar surface area (TPSA) is 16.3 Å². The van der Waals surface area contributed by atoms with E-state index in [0.29, 0.717) is 0 Å². The lowest BCUT2D eigenvalue weighted by Gasteiger charge is -2.46. The third-order valence-corrected chi connectivity index (χ3v) is 20.3. The fourth-order valence-corrected chi connectivity index (χ4v) is 15.6. The first-order valence-electron chi connectivity index (χ1n) is 33.7. The highest BCUT2D eigenvalue weighted by Crippen LogP contribution is 2.56. The van der Waals surface area contributed by atoms with Crippen LogP contribution in [0.15, 0.2) is 291 Å². The molecular weight excluding hydrogens is 1150 g/mol. The van der Waals surface area contributed by atoms with E-state index in [1.807, 2.05) is 0 Å². The second kappa shape index (κ2) is 21.9. The van der Waals surface area contributed by atoms with Crippen molar-refractivity contribution in [2.75, 3.05) is 9.80 Å². The van der Waals surface area contributed by atoms with Crippen molar-refractivity contribution in [3.8, 4) is 55.9 Å². The number of para-hydroxylation sites is 4. The molecule has 0 amide bonds. The van der Waals surface area contributed by atoms with Crippen molar-refractivity contribution in [3.05, 3.63) is 308 Å². The Morgan fingerprint density at radius 2 is 0.632 bits per heavy atom. The van der Waals surface area contributed by atoms with Gasteiger partial charge in [-0.05, 0) is 157 Å². The molecule has 458 valence electrons. The standard InChI is InChI=1S/C90H75BN4/c1-88(2,3)62-47-48-74-80(55-62)95(87-72(60-35-19-12-20-36-60)53-64(90(7,8)9)54-73(87)61-37-21-13-22-38-61)82-57-66(93-75-44-28-25-41-67(75)68-42-26-29-45-76(68)93)56-81-84(82)91(74)85-79(50-49-78-83(85)69-43-27-30-46-77(69)92(78)65-39-23-14-24-40-65)94(81)86-70(58-31-15-10-16-32-58)51-63(89(4,5)6)52-71(86)59-33-17-11-18-34-59/h10-57H,1-9H3. The second-order valence-corrected chi connectivity index (χ2v) is 29.3. The molecule has 0 atom stereocenters. The minimum Gasteiger partial charge on any atom is -0.310 e. The van der Waals surface area contributed by atoms with Gasteiger partial charge < -0.3 is 18.9 Å². The molecule has 13 aromatic carbocycles. The molecule has 2 aromatic heterocycles. The predicted octanol–water partition coefficient (Wildman–Crippen LogP) is 22.5. The van der Waals surface area contributed by atoms with Crippen LogP contribution < -0.4 is 26.2 Å². The molecule has 5 heteroatoms. The van der Waals surface area contributed by atoms with Gasteiger partial charge in [0.15, 0.2) is 0 Å². The van der Waals surface area contributed by atoms with Crippen LogP contribution in [0.2, 0.25) is 0 Å². The van der Waals surface area contributed by atoms with Crippen LogP contribution in [-0.4, -0.2) is 15.8 Å². The van der Waals surface area contributed by atoms with Crippen molar-refractivity contribution in [2.24, 2.45) is 0 Å².